The first-order chi connectivity index (χ1) is 9.58. The molecule has 0 amide bonds. The van der Waals surface area contributed by atoms with Gasteiger partial charge < -0.3 is 9.47 Å². The lowest BCUT2D eigenvalue weighted by Gasteiger charge is -2.47. The highest BCUT2D eigenvalue weighted by Gasteiger charge is 2.43. The Morgan fingerprint density at radius 2 is 2.10 bits per heavy atom. The molecule has 1 heterocycles. The van der Waals surface area contributed by atoms with Crippen LogP contribution in [-0.2, 0) is 4.74 Å². The van der Waals surface area contributed by atoms with E-state index < -0.39 is 0 Å². The standard InChI is InChI=1S/C18H26O2/c1-13(2)15-6-5-14(3)17(11-15)20-16-7-10-19-18(12-16)8-4-9-18/h5-6,11,13,16H,4,7-10,12H2,1-3H3. The van der Waals surface area contributed by atoms with E-state index in [-0.39, 0.29) is 5.60 Å². The summed E-state index contributed by atoms with van der Waals surface area (Å²) in [7, 11) is 0. The molecule has 110 valence electrons. The van der Waals surface area contributed by atoms with Gasteiger partial charge in [-0.25, -0.2) is 0 Å². The molecular formula is C18H26O2. The van der Waals surface area contributed by atoms with Crippen LogP contribution in [0.2, 0.25) is 0 Å². The number of hydrogen-bond acceptors (Lipinski definition) is 2. The molecule has 3 rings (SSSR count). The van der Waals surface area contributed by atoms with E-state index >= 15 is 0 Å². The predicted molar refractivity (Wildman–Crippen MR) is 81.5 cm³/mol. The van der Waals surface area contributed by atoms with Gasteiger partial charge in [0, 0.05) is 12.8 Å². The van der Waals surface area contributed by atoms with Crippen LogP contribution in [0.25, 0.3) is 0 Å². The Hall–Kier alpha value is -1.02. The Balaban J connectivity index is 1.72. The first-order valence-electron chi connectivity index (χ1n) is 7.99. The molecule has 2 fully saturated rings. The minimum atomic E-state index is 0.159. The summed E-state index contributed by atoms with van der Waals surface area (Å²) in [6, 6.07) is 6.62. The maximum absolute atomic E-state index is 6.33. The summed E-state index contributed by atoms with van der Waals surface area (Å²) in [5.74, 6) is 1.61. The smallest absolute Gasteiger partial charge is 0.122 e. The molecule has 0 aromatic heterocycles. The monoisotopic (exact) mass is 274 g/mol. The highest BCUT2D eigenvalue weighted by Crippen LogP contribution is 2.43. The molecule has 0 N–H and O–H groups in total. The van der Waals surface area contributed by atoms with Gasteiger partial charge in [0.1, 0.15) is 11.9 Å². The van der Waals surface area contributed by atoms with Crippen LogP contribution in [0.5, 0.6) is 5.75 Å². The van der Waals surface area contributed by atoms with Crippen molar-refractivity contribution in [1.29, 1.82) is 0 Å². The van der Waals surface area contributed by atoms with Crippen molar-refractivity contribution in [3.8, 4) is 5.75 Å². The van der Waals surface area contributed by atoms with Crippen LogP contribution in [0.15, 0.2) is 18.2 Å². The summed E-state index contributed by atoms with van der Waals surface area (Å²) in [5.41, 5.74) is 2.76. The number of benzene rings is 1. The molecule has 1 spiro atoms. The lowest BCUT2D eigenvalue weighted by atomic mass is 9.74. The molecule has 1 atom stereocenters. The van der Waals surface area contributed by atoms with Crippen molar-refractivity contribution < 1.29 is 9.47 Å². The molecular weight excluding hydrogens is 248 g/mol. The molecule has 1 aliphatic carbocycles. The van der Waals surface area contributed by atoms with Gasteiger partial charge in [0.25, 0.3) is 0 Å². The zero-order valence-corrected chi connectivity index (χ0v) is 12.9. The van der Waals surface area contributed by atoms with E-state index in [1.807, 2.05) is 0 Å². The Kier molecular flexibility index (Phi) is 3.76. The molecule has 2 nitrogen and oxygen atoms in total. The fraction of sp³-hybridized carbons (Fsp3) is 0.667. The van der Waals surface area contributed by atoms with Gasteiger partial charge in [0.05, 0.1) is 12.2 Å². The van der Waals surface area contributed by atoms with Crippen molar-refractivity contribution in [2.75, 3.05) is 6.61 Å². The third kappa shape index (κ3) is 2.71. The second-order valence-corrected chi connectivity index (χ2v) is 6.80. The first-order valence-corrected chi connectivity index (χ1v) is 7.99. The summed E-state index contributed by atoms with van der Waals surface area (Å²) in [6.45, 7) is 7.45. The lowest BCUT2D eigenvalue weighted by Crippen LogP contribution is -2.48. The Morgan fingerprint density at radius 3 is 2.75 bits per heavy atom. The molecule has 1 aliphatic heterocycles. The van der Waals surface area contributed by atoms with Crippen LogP contribution in [0, 0.1) is 6.92 Å². The number of rotatable bonds is 3. The van der Waals surface area contributed by atoms with Crippen molar-refractivity contribution in [2.24, 2.45) is 0 Å². The first kappa shape index (κ1) is 13.9. The van der Waals surface area contributed by atoms with Crippen LogP contribution < -0.4 is 4.74 Å². The van der Waals surface area contributed by atoms with Crippen molar-refractivity contribution in [2.45, 2.75) is 70.5 Å². The van der Waals surface area contributed by atoms with Gasteiger partial charge in [-0.1, -0.05) is 26.0 Å². The molecule has 1 saturated heterocycles. The molecule has 0 bridgehead atoms. The Bertz CT molecular complexity index is 474. The average Bonchev–Trinajstić information content (AvgIpc) is 2.39. The minimum Gasteiger partial charge on any atom is -0.490 e. The zero-order chi connectivity index (χ0) is 14.2. The molecule has 2 heteroatoms. The van der Waals surface area contributed by atoms with Crippen molar-refractivity contribution in [3.05, 3.63) is 29.3 Å². The third-order valence-electron chi connectivity index (χ3n) is 4.89. The van der Waals surface area contributed by atoms with Gasteiger partial charge in [0.2, 0.25) is 0 Å². The second kappa shape index (κ2) is 5.40. The van der Waals surface area contributed by atoms with Crippen LogP contribution in [-0.4, -0.2) is 18.3 Å². The SMILES string of the molecule is Cc1ccc(C(C)C)cc1OC1CCOC2(CCC2)C1. The van der Waals surface area contributed by atoms with Crippen molar-refractivity contribution in [3.63, 3.8) is 0 Å². The molecule has 1 saturated carbocycles. The highest BCUT2D eigenvalue weighted by molar-refractivity contribution is 5.38. The van der Waals surface area contributed by atoms with E-state index in [4.69, 9.17) is 9.47 Å². The van der Waals surface area contributed by atoms with E-state index in [1.165, 1.54) is 30.4 Å². The molecule has 20 heavy (non-hydrogen) atoms. The average molecular weight is 274 g/mol. The van der Waals surface area contributed by atoms with E-state index in [0.717, 1.165) is 25.2 Å². The maximum Gasteiger partial charge on any atom is 0.122 e. The summed E-state index contributed by atoms with van der Waals surface area (Å²) in [5, 5.41) is 0. The van der Waals surface area contributed by atoms with Crippen molar-refractivity contribution >= 4 is 0 Å². The van der Waals surface area contributed by atoms with Gasteiger partial charge in [-0.2, -0.15) is 0 Å². The number of aryl methyl sites for hydroxylation is 1. The summed E-state index contributed by atoms with van der Waals surface area (Å²) < 4.78 is 12.3. The molecule has 1 aromatic carbocycles. The minimum absolute atomic E-state index is 0.159. The fourth-order valence-electron chi connectivity index (χ4n) is 3.29. The van der Waals surface area contributed by atoms with Crippen LogP contribution in [0.3, 0.4) is 0 Å². The Labute approximate surface area is 122 Å². The lowest BCUT2D eigenvalue weighted by molar-refractivity contribution is -0.153. The van der Waals surface area contributed by atoms with Crippen LogP contribution in [0.4, 0.5) is 0 Å². The second-order valence-electron chi connectivity index (χ2n) is 6.80. The van der Waals surface area contributed by atoms with Crippen LogP contribution >= 0.6 is 0 Å². The van der Waals surface area contributed by atoms with Gasteiger partial charge in [-0.3, -0.25) is 0 Å². The quantitative estimate of drug-likeness (QED) is 0.802. The molecule has 1 aromatic rings. The summed E-state index contributed by atoms with van der Waals surface area (Å²) in [4.78, 5) is 0. The van der Waals surface area contributed by atoms with E-state index in [2.05, 4.69) is 39.0 Å². The van der Waals surface area contributed by atoms with E-state index in [9.17, 15) is 0 Å². The summed E-state index contributed by atoms with van der Waals surface area (Å²) >= 11 is 0. The van der Waals surface area contributed by atoms with Gasteiger partial charge in [-0.05, 0) is 49.3 Å². The van der Waals surface area contributed by atoms with E-state index in [1.54, 1.807) is 0 Å². The molecule has 0 radical (unpaired) electrons. The highest BCUT2D eigenvalue weighted by atomic mass is 16.5. The maximum atomic E-state index is 6.33. The van der Waals surface area contributed by atoms with Crippen molar-refractivity contribution in [1.82, 2.24) is 0 Å². The van der Waals surface area contributed by atoms with Gasteiger partial charge in [-0.15, -0.1) is 0 Å². The predicted octanol–water partition coefficient (Wildman–Crippen LogP) is 4.60. The topological polar surface area (TPSA) is 18.5 Å². The largest absolute Gasteiger partial charge is 0.490 e. The third-order valence-corrected chi connectivity index (χ3v) is 4.89. The normalized spacial score (nSPS) is 24.7. The van der Waals surface area contributed by atoms with E-state index in [0.29, 0.717) is 12.0 Å². The number of hydrogen-bond donors (Lipinski definition) is 0. The molecule has 1 unspecified atom stereocenters. The molecule has 2 aliphatic rings. The van der Waals surface area contributed by atoms with Gasteiger partial charge in [0.15, 0.2) is 0 Å². The summed E-state index contributed by atoms with van der Waals surface area (Å²) in [6.07, 6.45) is 6.17. The number of ether oxygens (including phenoxy) is 2. The van der Waals surface area contributed by atoms with Gasteiger partial charge >= 0.3 is 0 Å². The fourth-order valence-corrected chi connectivity index (χ4v) is 3.29. The zero-order valence-electron chi connectivity index (χ0n) is 12.9. The Morgan fingerprint density at radius 1 is 1.30 bits per heavy atom. The van der Waals surface area contributed by atoms with Crippen LogP contribution in [0.1, 0.15) is 63.0 Å².